The van der Waals surface area contributed by atoms with E-state index in [1.165, 1.54) is 24.2 Å². The Kier molecular flexibility index (Phi) is 4.06. The maximum Gasteiger partial charge on any atom is 0.257 e. The second-order valence-corrected chi connectivity index (χ2v) is 7.28. The molecular weight excluding hydrogens is 322 g/mol. The lowest BCUT2D eigenvalue weighted by Gasteiger charge is -2.15. The van der Waals surface area contributed by atoms with Gasteiger partial charge < -0.3 is 4.90 Å². The second kappa shape index (κ2) is 6.36. The van der Waals surface area contributed by atoms with E-state index in [9.17, 15) is 9.59 Å². The standard InChI is InChI=1S/C18H19N3O2S/c22-16-2-1-9-21(16)10-12-3-5-14(6-4-12)17(23)20-18-19-15(11-24-18)13-7-8-13/h3-6,11,13H,1-2,7-10H2,(H,19,20,23). The summed E-state index contributed by atoms with van der Waals surface area (Å²) in [5, 5.41) is 5.56. The molecule has 124 valence electrons. The van der Waals surface area contributed by atoms with Gasteiger partial charge in [0, 0.05) is 36.4 Å². The van der Waals surface area contributed by atoms with Crippen LogP contribution in [0.4, 0.5) is 5.13 Å². The molecule has 2 aliphatic rings. The van der Waals surface area contributed by atoms with Crippen molar-refractivity contribution in [3.63, 3.8) is 0 Å². The van der Waals surface area contributed by atoms with Gasteiger partial charge in [0.1, 0.15) is 0 Å². The largest absolute Gasteiger partial charge is 0.338 e. The fourth-order valence-corrected chi connectivity index (χ4v) is 3.72. The van der Waals surface area contributed by atoms with Crippen LogP contribution < -0.4 is 5.32 Å². The highest BCUT2D eigenvalue weighted by molar-refractivity contribution is 7.14. The fraction of sp³-hybridized carbons (Fsp3) is 0.389. The number of hydrogen-bond acceptors (Lipinski definition) is 4. The first-order chi connectivity index (χ1) is 11.7. The van der Waals surface area contributed by atoms with Crippen molar-refractivity contribution in [3.8, 4) is 0 Å². The lowest BCUT2D eigenvalue weighted by atomic mass is 10.1. The third kappa shape index (κ3) is 3.33. The van der Waals surface area contributed by atoms with Gasteiger partial charge >= 0.3 is 0 Å². The Labute approximate surface area is 144 Å². The number of nitrogens with one attached hydrogen (secondary N) is 1. The number of carbonyl (C=O) groups excluding carboxylic acids is 2. The van der Waals surface area contributed by atoms with Crippen LogP contribution in [0.5, 0.6) is 0 Å². The topological polar surface area (TPSA) is 62.3 Å². The first-order valence-corrected chi connectivity index (χ1v) is 9.20. The first-order valence-electron chi connectivity index (χ1n) is 8.32. The van der Waals surface area contributed by atoms with Crippen molar-refractivity contribution < 1.29 is 9.59 Å². The summed E-state index contributed by atoms with van der Waals surface area (Å²) >= 11 is 1.48. The Balaban J connectivity index is 1.38. The molecule has 4 rings (SSSR count). The van der Waals surface area contributed by atoms with E-state index in [2.05, 4.69) is 10.3 Å². The summed E-state index contributed by atoms with van der Waals surface area (Å²) in [5.74, 6) is 0.669. The van der Waals surface area contributed by atoms with Gasteiger partial charge in [-0.3, -0.25) is 14.9 Å². The van der Waals surface area contributed by atoms with Crippen molar-refractivity contribution in [1.29, 1.82) is 0 Å². The van der Waals surface area contributed by atoms with Crippen molar-refractivity contribution in [2.45, 2.75) is 38.1 Å². The van der Waals surface area contributed by atoms with Crippen LogP contribution in [0.1, 0.15) is 53.2 Å². The zero-order valence-electron chi connectivity index (χ0n) is 13.3. The number of hydrogen-bond donors (Lipinski definition) is 1. The lowest BCUT2D eigenvalue weighted by molar-refractivity contribution is -0.128. The maximum absolute atomic E-state index is 12.3. The number of aromatic nitrogens is 1. The summed E-state index contributed by atoms with van der Waals surface area (Å²) in [7, 11) is 0. The molecule has 0 unspecified atom stereocenters. The SMILES string of the molecule is O=C(Nc1nc(C2CC2)cs1)c1ccc(CN2CCCC2=O)cc1. The third-order valence-electron chi connectivity index (χ3n) is 4.50. The highest BCUT2D eigenvalue weighted by Gasteiger charge is 2.26. The molecule has 2 heterocycles. The molecule has 1 aliphatic heterocycles. The maximum atomic E-state index is 12.3. The van der Waals surface area contributed by atoms with E-state index in [0.29, 0.717) is 29.6 Å². The molecule has 0 spiro atoms. The van der Waals surface area contributed by atoms with Crippen LogP contribution in [-0.4, -0.2) is 28.2 Å². The molecule has 5 nitrogen and oxygen atoms in total. The molecule has 1 aromatic carbocycles. The lowest BCUT2D eigenvalue weighted by Crippen LogP contribution is -2.23. The molecule has 0 bridgehead atoms. The number of thiazole rings is 1. The summed E-state index contributed by atoms with van der Waals surface area (Å²) in [6.07, 6.45) is 4.00. The zero-order valence-corrected chi connectivity index (χ0v) is 14.1. The Morgan fingerprint density at radius 3 is 2.75 bits per heavy atom. The number of benzene rings is 1. The highest BCUT2D eigenvalue weighted by Crippen LogP contribution is 2.40. The predicted molar refractivity (Wildman–Crippen MR) is 93.1 cm³/mol. The van der Waals surface area contributed by atoms with Crippen molar-refractivity contribution >= 4 is 28.3 Å². The number of likely N-dealkylation sites (tertiary alicyclic amines) is 1. The number of amides is 2. The molecule has 6 heteroatoms. The quantitative estimate of drug-likeness (QED) is 0.907. The molecule has 0 atom stereocenters. The van der Waals surface area contributed by atoms with Crippen LogP contribution >= 0.6 is 11.3 Å². The van der Waals surface area contributed by atoms with Gasteiger partial charge in [0.15, 0.2) is 5.13 Å². The van der Waals surface area contributed by atoms with Gasteiger partial charge in [-0.05, 0) is 37.0 Å². The van der Waals surface area contributed by atoms with E-state index >= 15 is 0 Å². The number of carbonyl (C=O) groups is 2. The summed E-state index contributed by atoms with van der Waals surface area (Å²) in [5.41, 5.74) is 2.75. The summed E-state index contributed by atoms with van der Waals surface area (Å²) in [6.45, 7) is 1.45. The van der Waals surface area contributed by atoms with Gasteiger partial charge in [0.05, 0.1) is 5.69 Å². The summed E-state index contributed by atoms with van der Waals surface area (Å²) < 4.78 is 0. The number of anilines is 1. The molecule has 24 heavy (non-hydrogen) atoms. The molecule has 1 aliphatic carbocycles. The summed E-state index contributed by atoms with van der Waals surface area (Å²) in [6, 6.07) is 7.44. The Hall–Kier alpha value is -2.21. The monoisotopic (exact) mass is 341 g/mol. The Morgan fingerprint density at radius 1 is 1.29 bits per heavy atom. The van der Waals surface area contributed by atoms with Gasteiger partial charge in [-0.25, -0.2) is 4.98 Å². The number of rotatable bonds is 5. The minimum atomic E-state index is -0.143. The predicted octanol–water partition coefficient (Wildman–Crippen LogP) is 3.40. The number of nitrogens with zero attached hydrogens (tertiary/aromatic N) is 2. The minimum absolute atomic E-state index is 0.143. The molecule has 1 saturated heterocycles. The van der Waals surface area contributed by atoms with E-state index < -0.39 is 0 Å². The van der Waals surface area contributed by atoms with Crippen LogP contribution in [0.25, 0.3) is 0 Å². The van der Waals surface area contributed by atoms with E-state index in [0.717, 1.165) is 24.2 Å². The molecule has 1 aromatic heterocycles. The Bertz CT molecular complexity index is 765. The fourth-order valence-electron chi connectivity index (χ4n) is 2.93. The zero-order chi connectivity index (χ0) is 16.5. The van der Waals surface area contributed by atoms with Gasteiger partial charge in [0.25, 0.3) is 5.91 Å². The smallest absolute Gasteiger partial charge is 0.257 e. The van der Waals surface area contributed by atoms with E-state index in [1.54, 1.807) is 12.1 Å². The van der Waals surface area contributed by atoms with Gasteiger partial charge in [-0.1, -0.05) is 12.1 Å². The van der Waals surface area contributed by atoms with Gasteiger partial charge in [0.2, 0.25) is 5.91 Å². The van der Waals surface area contributed by atoms with Crippen molar-refractivity contribution in [2.75, 3.05) is 11.9 Å². The summed E-state index contributed by atoms with van der Waals surface area (Å²) in [4.78, 5) is 30.3. The van der Waals surface area contributed by atoms with Crippen LogP contribution in [0.2, 0.25) is 0 Å². The molecule has 2 amide bonds. The van der Waals surface area contributed by atoms with E-state index in [1.807, 2.05) is 22.4 Å². The van der Waals surface area contributed by atoms with Gasteiger partial charge in [-0.2, -0.15) is 0 Å². The first kappa shape index (κ1) is 15.3. The van der Waals surface area contributed by atoms with Crippen LogP contribution in [0, 0.1) is 0 Å². The van der Waals surface area contributed by atoms with Crippen LogP contribution in [0.15, 0.2) is 29.6 Å². The van der Waals surface area contributed by atoms with Crippen LogP contribution in [0.3, 0.4) is 0 Å². The average Bonchev–Trinajstić information content (AvgIpc) is 3.21. The highest BCUT2D eigenvalue weighted by atomic mass is 32.1. The molecule has 2 fully saturated rings. The minimum Gasteiger partial charge on any atom is -0.338 e. The normalized spacial score (nSPS) is 17.3. The van der Waals surface area contributed by atoms with Crippen LogP contribution in [-0.2, 0) is 11.3 Å². The Morgan fingerprint density at radius 2 is 2.08 bits per heavy atom. The third-order valence-corrected chi connectivity index (χ3v) is 5.27. The molecule has 1 N–H and O–H groups in total. The second-order valence-electron chi connectivity index (χ2n) is 6.42. The van der Waals surface area contributed by atoms with Gasteiger partial charge in [-0.15, -0.1) is 11.3 Å². The van der Waals surface area contributed by atoms with Crippen molar-refractivity contribution in [3.05, 3.63) is 46.5 Å². The molecular formula is C18H19N3O2S. The van der Waals surface area contributed by atoms with Crippen molar-refractivity contribution in [2.24, 2.45) is 0 Å². The molecule has 1 saturated carbocycles. The average molecular weight is 341 g/mol. The van der Waals surface area contributed by atoms with E-state index in [-0.39, 0.29) is 11.8 Å². The molecule has 0 radical (unpaired) electrons. The van der Waals surface area contributed by atoms with E-state index in [4.69, 9.17) is 0 Å². The molecule has 2 aromatic rings. The van der Waals surface area contributed by atoms with Crippen molar-refractivity contribution in [1.82, 2.24) is 9.88 Å².